The quantitative estimate of drug-likeness (QED) is 0.359. The van der Waals surface area contributed by atoms with Crippen molar-refractivity contribution in [3.63, 3.8) is 0 Å². The SMILES string of the molecule is CCOC(=O)C(C)CN1CCCN([Si](CC(C)C)(CC(C)C)CC(C)C)C1. The van der Waals surface area contributed by atoms with E-state index in [0.717, 1.165) is 37.5 Å². The fourth-order valence-electron chi connectivity index (χ4n) is 5.07. The van der Waals surface area contributed by atoms with E-state index in [1.54, 1.807) is 0 Å². The summed E-state index contributed by atoms with van der Waals surface area (Å²) in [5.74, 6) is 2.17. The van der Waals surface area contributed by atoms with Gasteiger partial charge < -0.3 is 9.30 Å². The monoisotopic (exact) mass is 398 g/mol. The zero-order valence-corrected chi connectivity index (χ0v) is 20.4. The lowest BCUT2D eigenvalue weighted by Gasteiger charge is -2.50. The molecule has 0 aromatic rings. The Bertz CT molecular complexity index is 413. The highest BCUT2D eigenvalue weighted by molar-refractivity contribution is 6.77. The minimum atomic E-state index is -1.54. The van der Waals surface area contributed by atoms with Crippen LogP contribution < -0.4 is 0 Å². The molecule has 160 valence electrons. The van der Waals surface area contributed by atoms with Crippen LogP contribution in [0.5, 0.6) is 0 Å². The molecule has 1 aliphatic heterocycles. The lowest BCUT2D eigenvalue weighted by atomic mass is 10.1. The zero-order valence-electron chi connectivity index (χ0n) is 19.4. The van der Waals surface area contributed by atoms with Crippen molar-refractivity contribution < 1.29 is 9.53 Å². The van der Waals surface area contributed by atoms with Gasteiger partial charge >= 0.3 is 5.97 Å². The van der Waals surface area contributed by atoms with Crippen molar-refractivity contribution in [1.82, 2.24) is 9.47 Å². The first-order valence-electron chi connectivity index (χ1n) is 11.2. The van der Waals surface area contributed by atoms with Crippen molar-refractivity contribution in [2.75, 3.05) is 32.9 Å². The maximum atomic E-state index is 12.1. The van der Waals surface area contributed by atoms with Gasteiger partial charge in [0.2, 0.25) is 0 Å². The Hall–Kier alpha value is -0.393. The topological polar surface area (TPSA) is 32.8 Å². The Balaban J connectivity index is 2.94. The lowest BCUT2D eigenvalue weighted by Crippen LogP contribution is -2.61. The maximum Gasteiger partial charge on any atom is 0.309 e. The van der Waals surface area contributed by atoms with Crippen molar-refractivity contribution in [1.29, 1.82) is 0 Å². The smallest absolute Gasteiger partial charge is 0.309 e. The van der Waals surface area contributed by atoms with Gasteiger partial charge in [0, 0.05) is 19.8 Å². The third-order valence-electron chi connectivity index (χ3n) is 5.53. The Morgan fingerprint density at radius 1 is 0.926 bits per heavy atom. The molecule has 0 saturated carbocycles. The van der Waals surface area contributed by atoms with Crippen molar-refractivity contribution in [2.45, 2.75) is 79.9 Å². The first-order valence-corrected chi connectivity index (χ1v) is 13.8. The Morgan fingerprint density at radius 3 is 1.89 bits per heavy atom. The summed E-state index contributed by atoms with van der Waals surface area (Å²) >= 11 is 0. The molecule has 1 rings (SSSR count). The number of hydrogen-bond acceptors (Lipinski definition) is 4. The summed E-state index contributed by atoms with van der Waals surface area (Å²) in [6, 6.07) is 4.18. The van der Waals surface area contributed by atoms with E-state index in [4.69, 9.17) is 4.74 Å². The number of carbonyl (C=O) groups excluding carboxylic acids is 1. The third kappa shape index (κ3) is 8.24. The highest BCUT2D eigenvalue weighted by Gasteiger charge is 2.42. The van der Waals surface area contributed by atoms with Crippen LogP contribution in [-0.4, -0.2) is 56.6 Å². The molecule has 1 aliphatic rings. The first kappa shape index (κ1) is 24.6. The van der Waals surface area contributed by atoms with Crippen molar-refractivity contribution in [3.8, 4) is 0 Å². The van der Waals surface area contributed by atoms with E-state index >= 15 is 0 Å². The number of ether oxygens (including phenoxy) is 1. The van der Waals surface area contributed by atoms with Gasteiger partial charge in [-0.15, -0.1) is 0 Å². The van der Waals surface area contributed by atoms with Gasteiger partial charge in [-0.3, -0.25) is 9.69 Å². The molecule has 1 unspecified atom stereocenters. The van der Waals surface area contributed by atoms with Crippen LogP contribution in [0.1, 0.15) is 61.8 Å². The van der Waals surface area contributed by atoms with Crippen molar-refractivity contribution >= 4 is 14.2 Å². The van der Waals surface area contributed by atoms with Crippen LogP contribution in [0.4, 0.5) is 0 Å². The van der Waals surface area contributed by atoms with Gasteiger partial charge in [-0.1, -0.05) is 48.5 Å². The second kappa shape index (κ2) is 11.6. The van der Waals surface area contributed by atoms with E-state index in [-0.39, 0.29) is 11.9 Å². The van der Waals surface area contributed by atoms with Crippen LogP contribution in [-0.2, 0) is 9.53 Å². The number of nitrogens with zero attached hydrogens (tertiary/aromatic N) is 2. The summed E-state index contributed by atoms with van der Waals surface area (Å²) in [7, 11) is -1.54. The molecule has 1 fully saturated rings. The van der Waals surface area contributed by atoms with Crippen LogP contribution in [0.15, 0.2) is 0 Å². The average molecular weight is 399 g/mol. The summed E-state index contributed by atoms with van der Waals surface area (Å²) < 4.78 is 8.12. The van der Waals surface area contributed by atoms with E-state index in [9.17, 15) is 4.79 Å². The predicted molar refractivity (Wildman–Crippen MR) is 118 cm³/mol. The lowest BCUT2D eigenvalue weighted by molar-refractivity contribution is -0.148. The van der Waals surface area contributed by atoms with E-state index in [0.29, 0.717) is 6.61 Å². The summed E-state index contributed by atoms with van der Waals surface area (Å²) in [4.78, 5) is 14.6. The van der Waals surface area contributed by atoms with E-state index in [2.05, 4.69) is 51.0 Å². The molecular formula is C22H46N2O2Si. The second-order valence-electron chi connectivity index (χ2n) is 10.0. The van der Waals surface area contributed by atoms with Crippen LogP contribution in [0, 0.1) is 23.7 Å². The van der Waals surface area contributed by atoms with Crippen LogP contribution in [0.25, 0.3) is 0 Å². The van der Waals surface area contributed by atoms with Crippen molar-refractivity contribution in [2.24, 2.45) is 23.7 Å². The van der Waals surface area contributed by atoms with Gasteiger partial charge in [0.05, 0.1) is 12.5 Å². The fraction of sp³-hybridized carbons (Fsp3) is 0.955. The predicted octanol–water partition coefficient (Wildman–Crippen LogP) is 5.06. The summed E-state index contributed by atoms with van der Waals surface area (Å²) in [5.41, 5.74) is 0. The first-order chi connectivity index (χ1) is 12.6. The second-order valence-corrected chi connectivity index (χ2v) is 14.3. The van der Waals surface area contributed by atoms with Gasteiger partial charge in [0.25, 0.3) is 0 Å². The van der Waals surface area contributed by atoms with E-state index in [1.165, 1.54) is 31.1 Å². The van der Waals surface area contributed by atoms with Crippen LogP contribution >= 0.6 is 0 Å². The summed E-state index contributed by atoms with van der Waals surface area (Å²) in [6.45, 7) is 23.0. The van der Waals surface area contributed by atoms with Gasteiger partial charge in [-0.05, 0) is 55.8 Å². The zero-order chi connectivity index (χ0) is 20.6. The Morgan fingerprint density at radius 2 is 1.44 bits per heavy atom. The van der Waals surface area contributed by atoms with E-state index < -0.39 is 8.24 Å². The average Bonchev–Trinajstić information content (AvgIpc) is 2.53. The molecule has 0 radical (unpaired) electrons. The minimum Gasteiger partial charge on any atom is -0.466 e. The number of carbonyl (C=O) groups is 1. The largest absolute Gasteiger partial charge is 0.466 e. The third-order valence-corrected chi connectivity index (χ3v) is 12.0. The Labute approximate surface area is 170 Å². The van der Waals surface area contributed by atoms with Gasteiger partial charge in [0.15, 0.2) is 0 Å². The van der Waals surface area contributed by atoms with Crippen LogP contribution in [0.2, 0.25) is 18.1 Å². The highest BCUT2D eigenvalue weighted by atomic mass is 28.3. The molecule has 0 aliphatic carbocycles. The maximum absolute atomic E-state index is 12.1. The van der Waals surface area contributed by atoms with Crippen molar-refractivity contribution in [3.05, 3.63) is 0 Å². The molecule has 27 heavy (non-hydrogen) atoms. The molecule has 5 heteroatoms. The van der Waals surface area contributed by atoms with Gasteiger partial charge in [-0.25, -0.2) is 0 Å². The molecule has 1 heterocycles. The molecule has 4 nitrogen and oxygen atoms in total. The standard InChI is InChI=1S/C22H46N2O2Si/c1-9-26-22(25)21(8)13-23-11-10-12-24(17-23)27(14-18(2)3,15-19(4)5)16-20(6)7/h18-21H,9-17H2,1-8H3. The number of rotatable bonds is 11. The normalized spacial score (nSPS) is 18.5. The molecule has 0 aromatic heterocycles. The molecule has 0 N–H and O–H groups in total. The molecule has 0 spiro atoms. The van der Waals surface area contributed by atoms with E-state index in [1.807, 2.05) is 13.8 Å². The van der Waals surface area contributed by atoms with Crippen LogP contribution in [0.3, 0.4) is 0 Å². The fourth-order valence-corrected chi connectivity index (χ4v) is 12.0. The number of hydrogen-bond donors (Lipinski definition) is 0. The minimum absolute atomic E-state index is 0.0405. The summed E-state index contributed by atoms with van der Waals surface area (Å²) in [6.07, 6.45) is 1.22. The molecule has 0 bridgehead atoms. The van der Waals surface area contributed by atoms with Gasteiger partial charge in [-0.2, -0.15) is 0 Å². The van der Waals surface area contributed by atoms with Gasteiger partial charge in [0.1, 0.15) is 8.24 Å². The summed E-state index contributed by atoms with van der Waals surface area (Å²) in [5, 5.41) is 0. The molecule has 0 amide bonds. The molecule has 1 atom stereocenters. The Kier molecular flexibility index (Phi) is 10.6. The molecule has 0 aromatic carbocycles. The number of esters is 1. The highest BCUT2D eigenvalue weighted by Crippen LogP contribution is 2.36. The molecular weight excluding hydrogens is 352 g/mol. The molecule has 1 saturated heterocycles.